The normalized spacial score (nSPS) is 18.2. The number of hydrogen-bond acceptors (Lipinski definition) is 5. The van der Waals surface area contributed by atoms with Gasteiger partial charge in [-0.25, -0.2) is 13.1 Å². The second-order valence-corrected chi connectivity index (χ2v) is 11.6. The second-order valence-electron chi connectivity index (χ2n) is 8.84. The Bertz CT molecular complexity index is 1060. The molecule has 0 radical (unpaired) electrons. The molecule has 2 aliphatic rings. The van der Waals surface area contributed by atoms with Gasteiger partial charge in [0.1, 0.15) is 0 Å². The van der Waals surface area contributed by atoms with Gasteiger partial charge in [-0.05, 0) is 55.3 Å². The van der Waals surface area contributed by atoms with Crippen molar-refractivity contribution < 1.29 is 18.0 Å². The molecule has 4 rings (SSSR count). The van der Waals surface area contributed by atoms with Crippen molar-refractivity contribution >= 4 is 33.2 Å². The van der Waals surface area contributed by atoms with Crippen LogP contribution in [0.3, 0.4) is 0 Å². The lowest BCUT2D eigenvalue weighted by molar-refractivity contribution is -0.126. The van der Waals surface area contributed by atoms with Crippen LogP contribution in [0.25, 0.3) is 0 Å². The summed E-state index contributed by atoms with van der Waals surface area (Å²) in [6.45, 7) is 1.31. The first kappa shape index (κ1) is 23.9. The lowest BCUT2D eigenvalue weighted by Gasteiger charge is -2.33. The number of hydrogen-bond donors (Lipinski definition) is 2. The van der Waals surface area contributed by atoms with Gasteiger partial charge in [-0.2, -0.15) is 0 Å². The predicted octanol–water partition coefficient (Wildman–Crippen LogP) is 3.53. The Hall–Kier alpha value is -2.23. The zero-order valence-corrected chi connectivity index (χ0v) is 20.3. The van der Waals surface area contributed by atoms with E-state index in [-0.39, 0.29) is 35.2 Å². The minimum absolute atomic E-state index is 0.0829. The summed E-state index contributed by atoms with van der Waals surface area (Å²) in [5.74, 6) is 0.117. The molecule has 33 heavy (non-hydrogen) atoms. The fraction of sp³-hybridized carbons (Fsp3) is 0.500. The van der Waals surface area contributed by atoms with Crippen LogP contribution in [0.15, 0.2) is 46.7 Å². The summed E-state index contributed by atoms with van der Waals surface area (Å²) < 4.78 is 28.0. The van der Waals surface area contributed by atoms with Crippen LogP contribution in [0.1, 0.15) is 60.2 Å². The van der Waals surface area contributed by atoms with Crippen LogP contribution in [0.2, 0.25) is 0 Å². The summed E-state index contributed by atoms with van der Waals surface area (Å²) in [7, 11) is -3.72. The van der Waals surface area contributed by atoms with E-state index in [2.05, 4.69) is 10.0 Å². The van der Waals surface area contributed by atoms with Crippen molar-refractivity contribution in [1.29, 1.82) is 0 Å². The standard InChI is InChI=1S/C24H31N3O4S2/c28-23(18-6-2-1-3-7-18)26-20-11-13-27(14-12-20)24(29)19-8-4-10-22(16-19)33(30,31)25-17-21-9-5-15-32-21/h4-5,8-10,15-16,18,20,25H,1-3,6-7,11-14,17H2,(H,26,28). The lowest BCUT2D eigenvalue weighted by atomic mass is 9.88. The Labute approximate surface area is 199 Å². The van der Waals surface area contributed by atoms with Crippen molar-refractivity contribution in [3.05, 3.63) is 52.2 Å². The van der Waals surface area contributed by atoms with Gasteiger partial charge in [0.25, 0.3) is 5.91 Å². The Balaban J connectivity index is 1.32. The molecule has 1 saturated carbocycles. The monoisotopic (exact) mass is 489 g/mol. The highest BCUT2D eigenvalue weighted by atomic mass is 32.2. The molecule has 2 heterocycles. The Morgan fingerprint density at radius 2 is 1.76 bits per heavy atom. The van der Waals surface area contributed by atoms with Crippen molar-refractivity contribution in [1.82, 2.24) is 14.9 Å². The summed E-state index contributed by atoms with van der Waals surface area (Å²) in [4.78, 5) is 28.3. The number of carbonyl (C=O) groups excluding carboxylic acids is 2. The number of carbonyl (C=O) groups is 2. The Kier molecular flexibility index (Phi) is 7.82. The zero-order valence-electron chi connectivity index (χ0n) is 18.7. The van der Waals surface area contributed by atoms with Crippen LogP contribution in [-0.2, 0) is 21.4 Å². The van der Waals surface area contributed by atoms with E-state index in [9.17, 15) is 18.0 Å². The van der Waals surface area contributed by atoms with Crippen molar-refractivity contribution in [2.45, 2.75) is 62.4 Å². The third kappa shape index (κ3) is 6.22. The molecule has 1 aromatic heterocycles. The molecule has 2 aromatic rings. The van der Waals surface area contributed by atoms with Gasteiger partial charge in [0.15, 0.2) is 0 Å². The number of nitrogens with zero attached hydrogens (tertiary/aromatic N) is 1. The highest BCUT2D eigenvalue weighted by Gasteiger charge is 2.28. The molecule has 0 spiro atoms. The molecule has 0 bridgehead atoms. The van der Waals surface area contributed by atoms with Crippen molar-refractivity contribution in [3.8, 4) is 0 Å². The third-order valence-corrected chi connectivity index (χ3v) is 8.79. The van der Waals surface area contributed by atoms with E-state index in [1.807, 2.05) is 17.5 Å². The maximum atomic E-state index is 13.0. The average Bonchev–Trinajstić information content (AvgIpc) is 3.37. The molecule has 2 N–H and O–H groups in total. The molecule has 9 heteroatoms. The molecule has 2 amide bonds. The van der Waals surface area contributed by atoms with Crippen LogP contribution in [0.4, 0.5) is 0 Å². The van der Waals surface area contributed by atoms with E-state index in [1.54, 1.807) is 17.0 Å². The number of rotatable bonds is 7. The summed E-state index contributed by atoms with van der Waals surface area (Å²) in [5.41, 5.74) is 0.360. The van der Waals surface area contributed by atoms with Crippen LogP contribution in [0, 0.1) is 5.92 Å². The minimum atomic E-state index is -3.72. The smallest absolute Gasteiger partial charge is 0.253 e. The fourth-order valence-corrected chi connectivity index (χ4v) is 6.34. The van der Waals surface area contributed by atoms with Gasteiger partial charge in [0, 0.05) is 42.0 Å². The van der Waals surface area contributed by atoms with Crippen LogP contribution < -0.4 is 10.0 Å². The van der Waals surface area contributed by atoms with Gasteiger partial charge in [-0.15, -0.1) is 11.3 Å². The second kappa shape index (κ2) is 10.8. The number of thiophene rings is 1. The average molecular weight is 490 g/mol. The molecular formula is C24H31N3O4S2. The Morgan fingerprint density at radius 1 is 1.00 bits per heavy atom. The van der Waals surface area contributed by atoms with E-state index in [4.69, 9.17) is 0 Å². The molecular weight excluding hydrogens is 458 g/mol. The predicted molar refractivity (Wildman–Crippen MR) is 128 cm³/mol. The lowest BCUT2D eigenvalue weighted by Crippen LogP contribution is -2.48. The summed E-state index contributed by atoms with van der Waals surface area (Å²) in [5, 5.41) is 5.08. The first-order valence-corrected chi connectivity index (χ1v) is 14.0. The van der Waals surface area contributed by atoms with Crippen molar-refractivity contribution in [2.75, 3.05) is 13.1 Å². The Morgan fingerprint density at radius 3 is 2.45 bits per heavy atom. The summed E-state index contributed by atoms with van der Waals surface area (Å²) in [6.07, 6.45) is 6.86. The molecule has 7 nitrogen and oxygen atoms in total. The molecule has 1 aromatic carbocycles. The number of likely N-dealkylation sites (tertiary alicyclic amines) is 1. The molecule has 0 unspecified atom stereocenters. The zero-order chi connectivity index (χ0) is 23.3. The molecule has 1 aliphatic heterocycles. The molecule has 178 valence electrons. The van der Waals surface area contributed by atoms with E-state index >= 15 is 0 Å². The van der Waals surface area contributed by atoms with Crippen molar-refractivity contribution in [3.63, 3.8) is 0 Å². The van der Waals surface area contributed by atoms with E-state index in [0.29, 0.717) is 31.5 Å². The number of sulfonamides is 1. The van der Waals surface area contributed by atoms with Gasteiger partial charge in [-0.3, -0.25) is 9.59 Å². The fourth-order valence-electron chi connectivity index (χ4n) is 4.55. The van der Waals surface area contributed by atoms with Crippen molar-refractivity contribution in [2.24, 2.45) is 5.92 Å². The quantitative estimate of drug-likeness (QED) is 0.622. The number of amides is 2. The first-order chi connectivity index (χ1) is 15.9. The highest BCUT2D eigenvalue weighted by molar-refractivity contribution is 7.89. The van der Waals surface area contributed by atoms with Gasteiger partial charge in [-0.1, -0.05) is 31.4 Å². The summed E-state index contributed by atoms with van der Waals surface area (Å²) in [6, 6.07) is 10.0. The van der Waals surface area contributed by atoms with Gasteiger partial charge in [0.2, 0.25) is 15.9 Å². The number of piperidine rings is 1. The van der Waals surface area contributed by atoms with Crippen LogP contribution in [0.5, 0.6) is 0 Å². The summed E-state index contributed by atoms with van der Waals surface area (Å²) >= 11 is 1.48. The van der Waals surface area contributed by atoms with Gasteiger partial charge in [0.05, 0.1) is 4.90 Å². The topological polar surface area (TPSA) is 95.6 Å². The van der Waals surface area contributed by atoms with Gasteiger partial charge < -0.3 is 10.2 Å². The van der Waals surface area contributed by atoms with E-state index < -0.39 is 10.0 Å². The number of nitrogens with one attached hydrogen (secondary N) is 2. The third-order valence-electron chi connectivity index (χ3n) is 6.51. The van der Waals surface area contributed by atoms with Crippen LogP contribution in [-0.4, -0.2) is 44.3 Å². The maximum Gasteiger partial charge on any atom is 0.253 e. The molecule has 2 fully saturated rings. The SMILES string of the molecule is O=C(NC1CCN(C(=O)c2cccc(S(=O)(=O)NCc3cccs3)c2)CC1)C1CCCCC1. The highest BCUT2D eigenvalue weighted by Crippen LogP contribution is 2.24. The maximum absolute atomic E-state index is 13.0. The largest absolute Gasteiger partial charge is 0.353 e. The first-order valence-electron chi connectivity index (χ1n) is 11.6. The minimum Gasteiger partial charge on any atom is -0.353 e. The van der Waals surface area contributed by atoms with Gasteiger partial charge >= 0.3 is 0 Å². The molecule has 0 atom stereocenters. The molecule has 1 saturated heterocycles. The molecule has 1 aliphatic carbocycles. The number of benzene rings is 1. The van der Waals surface area contributed by atoms with E-state index in [0.717, 1.165) is 30.6 Å². The van der Waals surface area contributed by atoms with E-state index in [1.165, 1.54) is 29.9 Å². The van der Waals surface area contributed by atoms with Crippen LogP contribution >= 0.6 is 11.3 Å².